The summed E-state index contributed by atoms with van der Waals surface area (Å²) in [6.07, 6.45) is 0.445. The van der Waals surface area contributed by atoms with Crippen molar-refractivity contribution in [2.45, 2.75) is 13.3 Å². The molecule has 3 aromatic carbocycles. The SMILES string of the molecule is Cc1c(Cl)ccc2sc(N3CCN(C(=O)Cc4cccc5ccccc45)CC3)nc12. The Morgan fingerprint density at radius 2 is 1.80 bits per heavy atom. The van der Waals surface area contributed by atoms with E-state index in [9.17, 15) is 4.79 Å². The van der Waals surface area contributed by atoms with Gasteiger partial charge in [-0.1, -0.05) is 65.4 Å². The molecule has 0 unspecified atom stereocenters. The maximum atomic E-state index is 13.0. The number of carbonyl (C=O) groups excluding carboxylic acids is 1. The third-order valence-electron chi connectivity index (χ3n) is 5.86. The van der Waals surface area contributed by atoms with Crippen molar-refractivity contribution in [2.75, 3.05) is 31.1 Å². The number of aromatic nitrogens is 1. The zero-order chi connectivity index (χ0) is 20.7. The fraction of sp³-hybridized carbons (Fsp3) is 0.250. The van der Waals surface area contributed by atoms with Gasteiger partial charge in [0.05, 0.1) is 16.6 Å². The molecule has 0 N–H and O–H groups in total. The highest BCUT2D eigenvalue weighted by Crippen LogP contribution is 2.34. The van der Waals surface area contributed by atoms with Gasteiger partial charge in [-0.2, -0.15) is 0 Å². The van der Waals surface area contributed by atoms with E-state index in [2.05, 4.69) is 29.2 Å². The van der Waals surface area contributed by atoms with E-state index in [4.69, 9.17) is 16.6 Å². The number of halogens is 1. The molecule has 30 heavy (non-hydrogen) atoms. The van der Waals surface area contributed by atoms with Gasteiger partial charge < -0.3 is 9.80 Å². The summed E-state index contributed by atoms with van der Waals surface area (Å²) in [6, 6.07) is 18.4. The first-order chi connectivity index (χ1) is 14.6. The lowest BCUT2D eigenvalue weighted by Gasteiger charge is -2.34. The van der Waals surface area contributed by atoms with Crippen LogP contribution < -0.4 is 4.90 Å². The summed E-state index contributed by atoms with van der Waals surface area (Å²) in [4.78, 5) is 22.0. The van der Waals surface area contributed by atoms with E-state index in [1.807, 2.05) is 42.2 Å². The van der Waals surface area contributed by atoms with Crippen LogP contribution in [0, 0.1) is 6.92 Å². The molecule has 5 rings (SSSR count). The quantitative estimate of drug-likeness (QED) is 0.438. The summed E-state index contributed by atoms with van der Waals surface area (Å²) in [5.74, 6) is 0.193. The third-order valence-corrected chi connectivity index (χ3v) is 7.35. The molecule has 152 valence electrons. The van der Waals surface area contributed by atoms with E-state index in [-0.39, 0.29) is 5.91 Å². The first-order valence-corrected chi connectivity index (χ1v) is 11.3. The predicted octanol–water partition coefficient (Wildman–Crippen LogP) is 5.30. The van der Waals surface area contributed by atoms with Crippen molar-refractivity contribution in [3.8, 4) is 0 Å². The highest BCUT2D eigenvalue weighted by Gasteiger charge is 2.24. The maximum Gasteiger partial charge on any atom is 0.227 e. The number of piperazine rings is 1. The van der Waals surface area contributed by atoms with Gasteiger partial charge in [0.25, 0.3) is 0 Å². The Balaban J connectivity index is 1.28. The summed E-state index contributed by atoms with van der Waals surface area (Å²) < 4.78 is 1.15. The number of benzene rings is 3. The second kappa shape index (κ2) is 7.89. The molecule has 1 aliphatic rings. The molecule has 0 aliphatic carbocycles. The molecule has 1 amide bonds. The molecule has 0 bridgehead atoms. The first-order valence-electron chi connectivity index (χ1n) is 10.1. The van der Waals surface area contributed by atoms with E-state index in [0.29, 0.717) is 6.42 Å². The summed E-state index contributed by atoms with van der Waals surface area (Å²) in [5.41, 5.74) is 3.11. The molecule has 4 aromatic rings. The Morgan fingerprint density at radius 3 is 2.63 bits per heavy atom. The summed E-state index contributed by atoms with van der Waals surface area (Å²) in [7, 11) is 0. The highest BCUT2D eigenvalue weighted by atomic mass is 35.5. The molecule has 1 fully saturated rings. The standard InChI is InChI=1S/C24H22ClN3OS/c1-16-20(25)9-10-21-23(16)26-24(30-21)28-13-11-27(12-14-28)22(29)15-18-7-4-6-17-5-2-3-8-19(17)18/h2-10H,11-15H2,1H3. The molecule has 1 aromatic heterocycles. The maximum absolute atomic E-state index is 13.0. The van der Waals surface area contributed by atoms with Crippen LogP contribution in [0.15, 0.2) is 54.6 Å². The van der Waals surface area contributed by atoms with Crippen LogP contribution >= 0.6 is 22.9 Å². The van der Waals surface area contributed by atoms with Crippen LogP contribution in [0.25, 0.3) is 21.0 Å². The number of thiazole rings is 1. The van der Waals surface area contributed by atoms with Crippen LogP contribution in [0.4, 0.5) is 5.13 Å². The van der Waals surface area contributed by atoms with Crippen molar-refractivity contribution in [1.29, 1.82) is 0 Å². The van der Waals surface area contributed by atoms with Gasteiger partial charge in [-0.3, -0.25) is 4.79 Å². The Bertz CT molecular complexity index is 1240. The smallest absolute Gasteiger partial charge is 0.227 e. The van der Waals surface area contributed by atoms with Gasteiger partial charge in [0.15, 0.2) is 5.13 Å². The molecule has 2 heterocycles. The number of aryl methyl sites for hydroxylation is 1. The summed E-state index contributed by atoms with van der Waals surface area (Å²) >= 11 is 7.94. The molecule has 6 heteroatoms. The van der Waals surface area contributed by atoms with Crippen molar-refractivity contribution in [1.82, 2.24) is 9.88 Å². The number of hydrogen-bond acceptors (Lipinski definition) is 4. The molecule has 0 atom stereocenters. The van der Waals surface area contributed by atoms with Gasteiger partial charge in [0.1, 0.15) is 0 Å². The van der Waals surface area contributed by atoms with Gasteiger partial charge >= 0.3 is 0 Å². The topological polar surface area (TPSA) is 36.4 Å². The second-order valence-corrected chi connectivity index (χ2v) is 9.11. The van der Waals surface area contributed by atoms with E-state index in [1.165, 1.54) is 5.39 Å². The Hall–Kier alpha value is -2.63. The van der Waals surface area contributed by atoms with Crippen molar-refractivity contribution >= 4 is 55.0 Å². The average Bonchev–Trinajstić information content (AvgIpc) is 3.22. The van der Waals surface area contributed by atoms with Gasteiger partial charge in [0, 0.05) is 31.2 Å². The lowest BCUT2D eigenvalue weighted by atomic mass is 10.0. The highest BCUT2D eigenvalue weighted by molar-refractivity contribution is 7.22. The second-order valence-electron chi connectivity index (χ2n) is 7.70. The van der Waals surface area contributed by atoms with Crippen LogP contribution in [0.1, 0.15) is 11.1 Å². The zero-order valence-electron chi connectivity index (χ0n) is 16.8. The van der Waals surface area contributed by atoms with Crippen LogP contribution in [-0.2, 0) is 11.2 Å². The minimum Gasteiger partial charge on any atom is -0.345 e. The molecule has 4 nitrogen and oxygen atoms in total. The van der Waals surface area contributed by atoms with Crippen LogP contribution in [0.5, 0.6) is 0 Å². The van der Waals surface area contributed by atoms with Crippen LogP contribution in [0.3, 0.4) is 0 Å². The number of nitrogens with zero attached hydrogens (tertiary/aromatic N) is 3. The molecular formula is C24H22ClN3OS. The lowest BCUT2D eigenvalue weighted by molar-refractivity contribution is -0.130. The minimum absolute atomic E-state index is 0.193. The van der Waals surface area contributed by atoms with Gasteiger partial charge in [-0.15, -0.1) is 0 Å². The number of rotatable bonds is 3. The molecule has 0 spiro atoms. The Kier molecular flexibility index (Phi) is 5.09. The Labute approximate surface area is 184 Å². The number of hydrogen-bond donors (Lipinski definition) is 0. The van der Waals surface area contributed by atoms with Crippen molar-refractivity contribution < 1.29 is 4.79 Å². The van der Waals surface area contributed by atoms with Crippen molar-refractivity contribution in [3.05, 3.63) is 70.7 Å². The number of fused-ring (bicyclic) bond motifs is 2. The molecule has 1 aliphatic heterocycles. The average molecular weight is 436 g/mol. The van der Waals surface area contributed by atoms with E-state index in [1.54, 1.807) is 11.3 Å². The molecule has 1 saturated heterocycles. The van der Waals surface area contributed by atoms with Crippen molar-refractivity contribution in [3.63, 3.8) is 0 Å². The number of anilines is 1. The lowest BCUT2D eigenvalue weighted by Crippen LogP contribution is -2.49. The van der Waals surface area contributed by atoms with Crippen molar-refractivity contribution in [2.24, 2.45) is 0 Å². The largest absolute Gasteiger partial charge is 0.345 e. The normalized spacial score (nSPS) is 14.6. The van der Waals surface area contributed by atoms with Gasteiger partial charge in [-0.05, 0) is 41.0 Å². The Morgan fingerprint density at radius 1 is 1.03 bits per heavy atom. The van der Waals surface area contributed by atoms with E-state index >= 15 is 0 Å². The summed E-state index contributed by atoms with van der Waals surface area (Å²) in [6.45, 7) is 5.05. The monoisotopic (exact) mass is 435 g/mol. The number of amides is 1. The van der Waals surface area contributed by atoms with Crippen LogP contribution in [-0.4, -0.2) is 42.0 Å². The zero-order valence-corrected chi connectivity index (χ0v) is 18.3. The van der Waals surface area contributed by atoms with Gasteiger partial charge in [-0.25, -0.2) is 4.98 Å². The summed E-state index contributed by atoms with van der Waals surface area (Å²) in [5, 5.41) is 4.11. The molecule has 0 radical (unpaired) electrons. The van der Waals surface area contributed by atoms with E-state index in [0.717, 1.165) is 63.1 Å². The molecule has 0 saturated carbocycles. The predicted molar refractivity (Wildman–Crippen MR) is 126 cm³/mol. The molecular weight excluding hydrogens is 414 g/mol. The fourth-order valence-corrected chi connectivity index (χ4v) is 5.32. The third kappa shape index (κ3) is 3.53. The van der Waals surface area contributed by atoms with Gasteiger partial charge in [0.2, 0.25) is 5.91 Å². The van der Waals surface area contributed by atoms with E-state index < -0.39 is 0 Å². The fourth-order valence-electron chi connectivity index (χ4n) is 4.09. The van der Waals surface area contributed by atoms with Crippen LogP contribution in [0.2, 0.25) is 5.02 Å². The minimum atomic E-state index is 0.193. The number of carbonyl (C=O) groups is 1. The first kappa shape index (κ1) is 19.3.